The van der Waals surface area contributed by atoms with Gasteiger partial charge >= 0.3 is 0 Å². The highest BCUT2D eigenvalue weighted by Gasteiger charge is 2.68. The molecule has 24 heavy (non-hydrogen) atoms. The molecule has 1 unspecified atom stereocenters. The first-order valence-electron chi connectivity index (χ1n) is 9.76. The van der Waals surface area contributed by atoms with Crippen LogP contribution in [0.3, 0.4) is 0 Å². The standard InChI is InChI=1S/C21H29F2N/c1-16-19(8-4-2-5-9-19)18(15-17-7-3-6-14-24-17)20(16)10-12-21(22,23)13-11-20/h3,6-7,14,16,18H,2,4-5,8-13,15H2,1H3/t16-,18?/m0/s1. The Kier molecular flexibility index (Phi) is 3.97. The van der Waals surface area contributed by atoms with Crippen LogP contribution in [0.4, 0.5) is 8.78 Å². The summed E-state index contributed by atoms with van der Waals surface area (Å²) in [4.78, 5) is 4.56. The maximum absolute atomic E-state index is 13.8. The number of alkyl halides is 2. The van der Waals surface area contributed by atoms with Crippen molar-refractivity contribution in [2.24, 2.45) is 22.7 Å². The van der Waals surface area contributed by atoms with Crippen molar-refractivity contribution in [3.63, 3.8) is 0 Å². The number of aromatic nitrogens is 1. The minimum atomic E-state index is -2.43. The van der Waals surface area contributed by atoms with Crippen LogP contribution in [-0.4, -0.2) is 10.9 Å². The van der Waals surface area contributed by atoms with Gasteiger partial charge in [0.25, 0.3) is 0 Å². The maximum atomic E-state index is 13.8. The molecule has 3 aliphatic rings. The first-order chi connectivity index (χ1) is 11.5. The van der Waals surface area contributed by atoms with Crippen LogP contribution in [-0.2, 0) is 6.42 Å². The van der Waals surface area contributed by atoms with E-state index in [1.54, 1.807) is 0 Å². The zero-order chi connectivity index (χ0) is 16.8. The molecule has 4 rings (SSSR count). The summed E-state index contributed by atoms with van der Waals surface area (Å²) in [6, 6.07) is 6.13. The van der Waals surface area contributed by atoms with E-state index in [2.05, 4.69) is 24.0 Å². The van der Waals surface area contributed by atoms with Gasteiger partial charge in [-0.2, -0.15) is 0 Å². The lowest BCUT2D eigenvalue weighted by molar-refractivity contribution is -0.245. The van der Waals surface area contributed by atoms with E-state index in [1.807, 2.05) is 12.3 Å². The van der Waals surface area contributed by atoms with Gasteiger partial charge in [-0.3, -0.25) is 4.98 Å². The summed E-state index contributed by atoms with van der Waals surface area (Å²) < 4.78 is 27.6. The summed E-state index contributed by atoms with van der Waals surface area (Å²) in [7, 11) is 0. The van der Waals surface area contributed by atoms with E-state index >= 15 is 0 Å². The molecule has 1 heterocycles. The topological polar surface area (TPSA) is 12.9 Å². The van der Waals surface area contributed by atoms with Crippen molar-refractivity contribution in [1.29, 1.82) is 0 Å². The molecule has 2 atom stereocenters. The van der Waals surface area contributed by atoms with Crippen molar-refractivity contribution in [2.75, 3.05) is 0 Å². The molecule has 0 amide bonds. The molecule has 132 valence electrons. The Balaban J connectivity index is 1.63. The Labute approximate surface area is 144 Å². The molecule has 0 aromatic carbocycles. The Morgan fingerprint density at radius 1 is 0.958 bits per heavy atom. The van der Waals surface area contributed by atoms with E-state index in [0.29, 0.717) is 30.1 Å². The van der Waals surface area contributed by atoms with Gasteiger partial charge in [0.15, 0.2) is 0 Å². The summed E-state index contributed by atoms with van der Waals surface area (Å²) in [6.07, 6.45) is 11.0. The van der Waals surface area contributed by atoms with E-state index in [-0.39, 0.29) is 18.3 Å². The number of nitrogens with zero attached hydrogens (tertiary/aromatic N) is 1. The smallest absolute Gasteiger partial charge is 0.248 e. The number of halogens is 2. The second-order valence-corrected chi connectivity index (χ2v) is 8.68. The summed E-state index contributed by atoms with van der Waals surface area (Å²) in [6.45, 7) is 2.38. The average Bonchev–Trinajstić information content (AvgIpc) is 2.62. The minimum absolute atomic E-state index is 0.0894. The Bertz CT molecular complexity index is 567. The van der Waals surface area contributed by atoms with Crippen molar-refractivity contribution >= 4 is 0 Å². The van der Waals surface area contributed by atoms with Gasteiger partial charge in [0.05, 0.1) is 0 Å². The average molecular weight is 333 g/mol. The van der Waals surface area contributed by atoms with Crippen LogP contribution in [0.2, 0.25) is 0 Å². The number of rotatable bonds is 2. The Hall–Kier alpha value is -0.990. The zero-order valence-corrected chi connectivity index (χ0v) is 14.7. The van der Waals surface area contributed by atoms with Crippen molar-refractivity contribution in [3.05, 3.63) is 30.1 Å². The molecular formula is C21H29F2N. The SMILES string of the molecule is C[C@H]1C2(CCCCC2)C(Cc2ccccn2)C12CCC(F)(F)CC2. The molecule has 1 nitrogen and oxygen atoms in total. The van der Waals surface area contributed by atoms with Gasteiger partial charge in [0.1, 0.15) is 0 Å². The maximum Gasteiger partial charge on any atom is 0.248 e. The van der Waals surface area contributed by atoms with Crippen molar-refractivity contribution in [3.8, 4) is 0 Å². The normalized spacial score (nSPS) is 33.3. The summed E-state index contributed by atoms with van der Waals surface area (Å²) in [5, 5.41) is 0. The molecule has 3 fully saturated rings. The van der Waals surface area contributed by atoms with E-state index in [0.717, 1.165) is 12.1 Å². The molecule has 2 spiro atoms. The molecule has 0 saturated heterocycles. The minimum Gasteiger partial charge on any atom is -0.261 e. The van der Waals surface area contributed by atoms with Gasteiger partial charge < -0.3 is 0 Å². The van der Waals surface area contributed by atoms with Crippen molar-refractivity contribution in [1.82, 2.24) is 4.98 Å². The highest BCUT2D eigenvalue weighted by molar-refractivity contribution is 5.19. The lowest BCUT2D eigenvalue weighted by Crippen LogP contribution is -2.66. The van der Waals surface area contributed by atoms with Gasteiger partial charge in [0, 0.05) is 24.7 Å². The van der Waals surface area contributed by atoms with Crippen LogP contribution < -0.4 is 0 Å². The molecule has 1 aromatic heterocycles. The number of pyridine rings is 1. The lowest BCUT2D eigenvalue weighted by Gasteiger charge is -2.71. The third kappa shape index (κ3) is 2.42. The predicted octanol–water partition coefficient (Wildman–Crippen LogP) is 6.04. The first-order valence-corrected chi connectivity index (χ1v) is 9.76. The summed E-state index contributed by atoms with van der Waals surface area (Å²) in [5.74, 6) is -1.29. The van der Waals surface area contributed by atoms with Crippen molar-refractivity contribution < 1.29 is 8.78 Å². The van der Waals surface area contributed by atoms with Gasteiger partial charge in [-0.1, -0.05) is 32.3 Å². The van der Waals surface area contributed by atoms with Crippen molar-refractivity contribution in [2.45, 2.75) is 77.1 Å². The van der Waals surface area contributed by atoms with Crippen LogP contribution in [0.1, 0.15) is 70.4 Å². The van der Waals surface area contributed by atoms with E-state index in [4.69, 9.17) is 0 Å². The van der Waals surface area contributed by atoms with Gasteiger partial charge in [0.2, 0.25) is 5.92 Å². The van der Waals surface area contributed by atoms with Crippen LogP contribution in [0.25, 0.3) is 0 Å². The van der Waals surface area contributed by atoms with Gasteiger partial charge in [-0.25, -0.2) is 8.78 Å². The molecule has 3 heteroatoms. The molecule has 0 radical (unpaired) electrons. The van der Waals surface area contributed by atoms with Crippen LogP contribution in [0.5, 0.6) is 0 Å². The second kappa shape index (κ2) is 5.78. The second-order valence-electron chi connectivity index (χ2n) is 8.68. The highest BCUT2D eigenvalue weighted by Crippen LogP contribution is 2.74. The lowest BCUT2D eigenvalue weighted by atomic mass is 9.33. The Morgan fingerprint density at radius 3 is 2.25 bits per heavy atom. The fourth-order valence-corrected chi connectivity index (χ4v) is 6.64. The molecule has 3 saturated carbocycles. The molecule has 0 N–H and O–H groups in total. The third-order valence-corrected chi connectivity index (χ3v) is 7.95. The molecule has 1 aromatic rings. The monoisotopic (exact) mass is 333 g/mol. The molecule has 0 bridgehead atoms. The quantitative estimate of drug-likeness (QED) is 0.643. The third-order valence-electron chi connectivity index (χ3n) is 7.95. The van der Waals surface area contributed by atoms with Crippen LogP contribution in [0.15, 0.2) is 24.4 Å². The zero-order valence-electron chi connectivity index (χ0n) is 14.7. The van der Waals surface area contributed by atoms with E-state index < -0.39 is 5.92 Å². The highest BCUT2D eigenvalue weighted by atomic mass is 19.3. The first kappa shape index (κ1) is 16.5. The van der Waals surface area contributed by atoms with Gasteiger partial charge in [-0.15, -0.1) is 0 Å². The fourth-order valence-electron chi connectivity index (χ4n) is 6.64. The fraction of sp³-hybridized carbons (Fsp3) is 0.762. The molecular weight excluding hydrogens is 304 g/mol. The van der Waals surface area contributed by atoms with Crippen LogP contribution in [0, 0.1) is 22.7 Å². The molecule has 3 aliphatic carbocycles. The largest absolute Gasteiger partial charge is 0.261 e. The van der Waals surface area contributed by atoms with E-state index in [1.165, 1.54) is 32.1 Å². The van der Waals surface area contributed by atoms with Crippen LogP contribution >= 0.6 is 0 Å². The number of hydrogen-bond donors (Lipinski definition) is 0. The van der Waals surface area contributed by atoms with E-state index in [9.17, 15) is 8.78 Å². The predicted molar refractivity (Wildman–Crippen MR) is 92.0 cm³/mol. The summed E-state index contributed by atoms with van der Waals surface area (Å²) in [5.41, 5.74) is 1.68. The molecule has 0 aliphatic heterocycles. The number of hydrogen-bond acceptors (Lipinski definition) is 1. The summed E-state index contributed by atoms with van der Waals surface area (Å²) >= 11 is 0. The van der Waals surface area contributed by atoms with Gasteiger partial charge in [-0.05, 0) is 66.9 Å². The Morgan fingerprint density at radius 2 is 1.62 bits per heavy atom.